The summed E-state index contributed by atoms with van der Waals surface area (Å²) in [6.45, 7) is 4.45. The third-order valence-electron chi connectivity index (χ3n) is 3.17. The smallest absolute Gasteiger partial charge is 0.292 e. The number of nitrogens with zero attached hydrogens (tertiary/aromatic N) is 2. The van der Waals surface area contributed by atoms with E-state index in [0.717, 1.165) is 17.3 Å². The van der Waals surface area contributed by atoms with Crippen LogP contribution >= 0.6 is 15.9 Å². The lowest BCUT2D eigenvalue weighted by Gasteiger charge is -2.31. The van der Waals surface area contributed by atoms with Crippen LogP contribution in [0.5, 0.6) is 0 Å². The van der Waals surface area contributed by atoms with Gasteiger partial charge in [-0.3, -0.25) is 10.1 Å². The highest BCUT2D eigenvalue weighted by atomic mass is 79.9. The summed E-state index contributed by atoms with van der Waals surface area (Å²) >= 11 is 3.35. The summed E-state index contributed by atoms with van der Waals surface area (Å²) in [7, 11) is 0. The molecule has 0 atom stereocenters. The van der Waals surface area contributed by atoms with Crippen molar-refractivity contribution >= 4 is 27.3 Å². The molecule has 0 aliphatic carbocycles. The monoisotopic (exact) mass is 330 g/mol. The van der Waals surface area contributed by atoms with Crippen LogP contribution in [0.1, 0.15) is 26.7 Å². The molecule has 5 nitrogen and oxygen atoms in total. The number of benzene rings is 1. The minimum absolute atomic E-state index is 0.0276. The third kappa shape index (κ3) is 3.91. The molecule has 0 saturated heterocycles. The minimum atomic E-state index is -0.380. The van der Waals surface area contributed by atoms with Crippen molar-refractivity contribution in [1.29, 1.82) is 0 Å². The van der Waals surface area contributed by atoms with Crippen molar-refractivity contribution in [2.45, 2.75) is 32.7 Å². The molecule has 19 heavy (non-hydrogen) atoms. The van der Waals surface area contributed by atoms with Crippen LogP contribution in [0.15, 0.2) is 22.7 Å². The van der Waals surface area contributed by atoms with E-state index in [1.165, 1.54) is 6.07 Å². The van der Waals surface area contributed by atoms with E-state index < -0.39 is 0 Å². The maximum absolute atomic E-state index is 11.1. The largest absolute Gasteiger partial charge is 0.395 e. The number of aliphatic hydroxyl groups excluding tert-OH is 1. The molecule has 0 bridgehead atoms. The molecule has 0 spiro atoms. The van der Waals surface area contributed by atoms with E-state index in [4.69, 9.17) is 0 Å². The van der Waals surface area contributed by atoms with Gasteiger partial charge in [-0.25, -0.2) is 0 Å². The Kier molecular flexibility index (Phi) is 6.24. The second kappa shape index (κ2) is 7.45. The predicted octanol–water partition coefficient (Wildman–Crippen LogP) is 3.34. The second-order valence-corrected chi connectivity index (χ2v) is 5.19. The molecule has 0 radical (unpaired) electrons. The Morgan fingerprint density at radius 2 is 2.05 bits per heavy atom. The van der Waals surface area contributed by atoms with Gasteiger partial charge in [0.2, 0.25) is 0 Å². The average Bonchev–Trinajstić information content (AvgIpc) is 2.38. The Bertz CT molecular complexity index is 436. The summed E-state index contributed by atoms with van der Waals surface area (Å²) in [6, 6.07) is 5.07. The van der Waals surface area contributed by atoms with Gasteiger partial charge in [0.1, 0.15) is 5.69 Å². The van der Waals surface area contributed by atoms with Gasteiger partial charge in [0, 0.05) is 23.1 Å². The number of hydrogen-bond donors (Lipinski definition) is 1. The molecule has 0 amide bonds. The van der Waals surface area contributed by atoms with E-state index >= 15 is 0 Å². The topological polar surface area (TPSA) is 66.6 Å². The van der Waals surface area contributed by atoms with Crippen molar-refractivity contribution in [1.82, 2.24) is 0 Å². The third-order valence-corrected chi connectivity index (χ3v) is 3.66. The van der Waals surface area contributed by atoms with Crippen molar-refractivity contribution in [3.8, 4) is 0 Å². The van der Waals surface area contributed by atoms with Crippen molar-refractivity contribution < 1.29 is 10.0 Å². The Labute approximate surface area is 121 Å². The van der Waals surface area contributed by atoms with Crippen molar-refractivity contribution in [2.75, 3.05) is 18.1 Å². The molecule has 1 aromatic rings. The normalized spacial score (nSPS) is 10.8. The van der Waals surface area contributed by atoms with Crippen molar-refractivity contribution in [3.05, 3.63) is 32.8 Å². The molecule has 106 valence electrons. The zero-order chi connectivity index (χ0) is 14.4. The molecule has 1 rings (SSSR count). The molecule has 1 aromatic carbocycles. The van der Waals surface area contributed by atoms with Gasteiger partial charge in [-0.05, 0) is 25.0 Å². The highest BCUT2D eigenvalue weighted by Gasteiger charge is 2.23. The molecular formula is C13H19BrN2O3. The Hall–Kier alpha value is -1.14. The van der Waals surface area contributed by atoms with Crippen LogP contribution in [-0.4, -0.2) is 29.2 Å². The van der Waals surface area contributed by atoms with Crippen LogP contribution in [0.4, 0.5) is 11.4 Å². The first kappa shape index (κ1) is 15.9. The molecule has 0 saturated carbocycles. The van der Waals surface area contributed by atoms with Crippen molar-refractivity contribution in [3.63, 3.8) is 0 Å². The Morgan fingerprint density at radius 1 is 1.42 bits per heavy atom. The summed E-state index contributed by atoms with van der Waals surface area (Å²) in [4.78, 5) is 12.7. The van der Waals surface area contributed by atoms with Gasteiger partial charge in [-0.15, -0.1) is 0 Å². The molecule has 0 unspecified atom stereocenters. The molecule has 0 aliphatic heterocycles. The zero-order valence-electron chi connectivity index (χ0n) is 11.2. The van der Waals surface area contributed by atoms with Gasteiger partial charge in [-0.1, -0.05) is 29.8 Å². The fourth-order valence-corrected chi connectivity index (χ4v) is 2.57. The van der Waals surface area contributed by atoms with Gasteiger partial charge >= 0.3 is 0 Å². The van der Waals surface area contributed by atoms with Crippen LogP contribution in [0.3, 0.4) is 0 Å². The van der Waals surface area contributed by atoms with Gasteiger partial charge in [0.25, 0.3) is 5.69 Å². The van der Waals surface area contributed by atoms with E-state index in [1.807, 2.05) is 18.7 Å². The van der Waals surface area contributed by atoms with Crippen molar-refractivity contribution in [2.24, 2.45) is 0 Å². The van der Waals surface area contributed by atoms with E-state index in [-0.39, 0.29) is 23.3 Å². The number of anilines is 1. The predicted molar refractivity (Wildman–Crippen MR) is 79.6 cm³/mol. The highest BCUT2D eigenvalue weighted by Crippen LogP contribution is 2.33. The number of rotatable bonds is 7. The van der Waals surface area contributed by atoms with Gasteiger partial charge in [-0.2, -0.15) is 0 Å². The van der Waals surface area contributed by atoms with Crippen LogP contribution in [0, 0.1) is 10.1 Å². The maximum atomic E-state index is 11.1. The summed E-state index contributed by atoms with van der Waals surface area (Å²) in [5, 5.41) is 20.4. The molecule has 6 heteroatoms. The number of hydrogen-bond acceptors (Lipinski definition) is 4. The Balaban J connectivity index is 3.27. The molecule has 0 fully saturated rings. The highest BCUT2D eigenvalue weighted by molar-refractivity contribution is 9.10. The number of aliphatic hydroxyl groups is 1. The van der Waals surface area contributed by atoms with Gasteiger partial charge in [0.15, 0.2) is 0 Å². The summed E-state index contributed by atoms with van der Waals surface area (Å²) in [6.07, 6.45) is 1.75. The standard InChI is InChI=1S/C13H19BrN2O3/c1-3-11(4-2)15(7-8-17)13-9-10(14)5-6-12(13)16(18)19/h5-6,9,11,17H,3-4,7-8H2,1-2H3. The van der Waals surface area contributed by atoms with E-state index in [9.17, 15) is 15.2 Å². The number of halogens is 1. The van der Waals surface area contributed by atoms with E-state index in [1.54, 1.807) is 12.1 Å². The summed E-state index contributed by atoms with van der Waals surface area (Å²) in [5.41, 5.74) is 0.630. The van der Waals surface area contributed by atoms with Crippen LogP contribution < -0.4 is 4.90 Å². The SMILES string of the molecule is CCC(CC)N(CCO)c1cc(Br)ccc1[N+](=O)[O-]. The minimum Gasteiger partial charge on any atom is -0.395 e. The first-order valence-electron chi connectivity index (χ1n) is 6.36. The molecule has 0 aliphatic rings. The first-order valence-corrected chi connectivity index (χ1v) is 7.15. The summed E-state index contributed by atoms with van der Waals surface area (Å²) in [5.74, 6) is 0. The first-order chi connectivity index (χ1) is 9.04. The van der Waals surface area contributed by atoms with Crippen LogP contribution in [0.2, 0.25) is 0 Å². The maximum Gasteiger partial charge on any atom is 0.292 e. The lowest BCUT2D eigenvalue weighted by atomic mass is 10.1. The second-order valence-electron chi connectivity index (χ2n) is 4.28. The lowest BCUT2D eigenvalue weighted by molar-refractivity contribution is -0.384. The molecular weight excluding hydrogens is 312 g/mol. The quantitative estimate of drug-likeness (QED) is 0.615. The number of nitro benzene ring substituents is 1. The molecule has 1 N–H and O–H groups in total. The summed E-state index contributed by atoms with van der Waals surface area (Å²) < 4.78 is 0.794. The fourth-order valence-electron chi connectivity index (χ4n) is 2.22. The fraction of sp³-hybridized carbons (Fsp3) is 0.538. The average molecular weight is 331 g/mol. The Morgan fingerprint density at radius 3 is 2.53 bits per heavy atom. The molecule has 0 aromatic heterocycles. The van der Waals surface area contributed by atoms with Crippen LogP contribution in [-0.2, 0) is 0 Å². The van der Waals surface area contributed by atoms with E-state index in [2.05, 4.69) is 15.9 Å². The van der Waals surface area contributed by atoms with E-state index in [0.29, 0.717) is 12.2 Å². The van der Waals surface area contributed by atoms with Gasteiger partial charge < -0.3 is 10.0 Å². The molecule has 0 heterocycles. The number of nitro groups is 1. The zero-order valence-corrected chi connectivity index (χ0v) is 12.8. The lowest BCUT2D eigenvalue weighted by Crippen LogP contribution is -2.37. The van der Waals surface area contributed by atoms with Crippen LogP contribution in [0.25, 0.3) is 0 Å². The van der Waals surface area contributed by atoms with Gasteiger partial charge in [0.05, 0.1) is 11.5 Å².